The van der Waals surface area contributed by atoms with Gasteiger partial charge in [-0.25, -0.2) is 9.37 Å². The molecule has 0 aliphatic carbocycles. The molecule has 1 aromatic carbocycles. The highest BCUT2D eigenvalue weighted by atomic mass is 35.5. The fraction of sp³-hybridized carbons (Fsp3) is 0.417. The average molecular weight is 507 g/mol. The molecular weight excluding hydrogens is 482 g/mol. The van der Waals surface area contributed by atoms with E-state index in [2.05, 4.69) is 10.1 Å². The van der Waals surface area contributed by atoms with E-state index >= 15 is 0 Å². The molecule has 0 radical (unpaired) electrons. The average Bonchev–Trinajstić information content (AvgIpc) is 3.49. The standard InChI is InChI=1S/C24H25Cl2FN4O3/c1-14(21-17(25)2-3-18(27)22(21)26)34-19-8-15(9-29-23(19)28)16-10-30-31(11-16)20-4-6-32-12-24(20)5-7-33-13-24/h2-3,8-11,14,20H,4-7,12-13H2,1H3,(H2,28,29)/t14-,20?,24?/m1/s1. The van der Waals surface area contributed by atoms with Crippen molar-refractivity contribution in [3.8, 4) is 16.9 Å². The number of benzene rings is 1. The fourth-order valence-corrected chi connectivity index (χ4v) is 5.49. The summed E-state index contributed by atoms with van der Waals surface area (Å²) in [4.78, 5) is 4.29. The molecule has 5 rings (SSSR count). The first kappa shape index (κ1) is 23.4. The van der Waals surface area contributed by atoms with Crippen molar-refractivity contribution in [3.63, 3.8) is 0 Å². The first-order valence-electron chi connectivity index (χ1n) is 11.1. The number of ether oxygens (including phenoxy) is 3. The zero-order chi connectivity index (χ0) is 23.9. The number of nitrogens with zero attached hydrogens (tertiary/aromatic N) is 3. The van der Waals surface area contributed by atoms with Crippen molar-refractivity contribution >= 4 is 29.0 Å². The Bertz CT molecular complexity index is 1200. The van der Waals surface area contributed by atoms with Crippen LogP contribution >= 0.6 is 23.2 Å². The van der Waals surface area contributed by atoms with Crippen LogP contribution in [-0.2, 0) is 9.47 Å². The van der Waals surface area contributed by atoms with Gasteiger partial charge in [-0.1, -0.05) is 23.2 Å². The van der Waals surface area contributed by atoms with Gasteiger partial charge in [0.15, 0.2) is 11.6 Å². The summed E-state index contributed by atoms with van der Waals surface area (Å²) in [6, 6.07) is 4.66. The Morgan fingerprint density at radius 3 is 2.79 bits per heavy atom. The van der Waals surface area contributed by atoms with E-state index in [1.165, 1.54) is 12.1 Å². The lowest BCUT2D eigenvalue weighted by atomic mass is 9.77. The maximum absolute atomic E-state index is 14.0. The molecule has 2 aliphatic rings. The number of hydrogen-bond acceptors (Lipinski definition) is 6. The van der Waals surface area contributed by atoms with E-state index in [1.54, 1.807) is 25.4 Å². The van der Waals surface area contributed by atoms with Crippen LogP contribution < -0.4 is 10.5 Å². The molecule has 0 amide bonds. The van der Waals surface area contributed by atoms with Crippen molar-refractivity contribution in [2.24, 2.45) is 5.41 Å². The van der Waals surface area contributed by atoms with Gasteiger partial charge in [0.25, 0.3) is 0 Å². The van der Waals surface area contributed by atoms with Gasteiger partial charge >= 0.3 is 0 Å². The number of nitrogen functional groups attached to an aromatic ring is 1. The van der Waals surface area contributed by atoms with Gasteiger partial charge in [0.1, 0.15) is 11.9 Å². The Hall–Kier alpha value is -2.39. The van der Waals surface area contributed by atoms with E-state index in [0.717, 1.165) is 30.6 Å². The fourth-order valence-electron chi connectivity index (χ4n) is 4.82. The first-order chi connectivity index (χ1) is 16.4. The second-order valence-corrected chi connectivity index (χ2v) is 9.64. The highest BCUT2D eigenvalue weighted by Crippen LogP contribution is 2.45. The van der Waals surface area contributed by atoms with Crippen molar-refractivity contribution in [3.05, 3.63) is 58.2 Å². The van der Waals surface area contributed by atoms with Crippen molar-refractivity contribution in [1.29, 1.82) is 0 Å². The minimum Gasteiger partial charge on any atom is -0.482 e. The maximum atomic E-state index is 14.0. The number of anilines is 1. The summed E-state index contributed by atoms with van der Waals surface area (Å²) in [5.41, 5.74) is 8.06. The van der Waals surface area contributed by atoms with Gasteiger partial charge in [0, 0.05) is 52.7 Å². The van der Waals surface area contributed by atoms with Crippen LogP contribution in [0.2, 0.25) is 10.0 Å². The Morgan fingerprint density at radius 1 is 1.21 bits per heavy atom. The Labute approximate surface area is 206 Å². The van der Waals surface area contributed by atoms with E-state index in [4.69, 9.17) is 43.1 Å². The number of hydrogen-bond donors (Lipinski definition) is 1. The van der Waals surface area contributed by atoms with Gasteiger partial charge in [-0.15, -0.1) is 0 Å². The number of rotatable bonds is 5. The molecule has 34 heavy (non-hydrogen) atoms. The van der Waals surface area contributed by atoms with Crippen LogP contribution in [0, 0.1) is 11.2 Å². The second-order valence-electron chi connectivity index (χ2n) is 8.86. The third-order valence-electron chi connectivity index (χ3n) is 6.69. The summed E-state index contributed by atoms with van der Waals surface area (Å²) < 4.78 is 33.5. The normalized spacial score (nSPS) is 23.4. The molecular formula is C24H25Cl2FN4O3. The molecule has 7 nitrogen and oxygen atoms in total. The van der Waals surface area contributed by atoms with Crippen LogP contribution in [0.25, 0.3) is 11.1 Å². The molecule has 180 valence electrons. The van der Waals surface area contributed by atoms with Crippen LogP contribution in [0.1, 0.15) is 37.5 Å². The Kier molecular flexibility index (Phi) is 6.41. The summed E-state index contributed by atoms with van der Waals surface area (Å²) >= 11 is 12.4. The number of aromatic nitrogens is 3. The van der Waals surface area contributed by atoms with Gasteiger partial charge in [0.2, 0.25) is 0 Å². The monoisotopic (exact) mass is 506 g/mol. The molecule has 2 aliphatic heterocycles. The topological polar surface area (TPSA) is 84.4 Å². The molecule has 2 aromatic heterocycles. The third kappa shape index (κ3) is 4.24. The number of nitrogens with two attached hydrogens (primary N) is 1. The quantitative estimate of drug-likeness (QED) is 0.461. The molecule has 3 aromatic rings. The molecule has 2 unspecified atom stereocenters. The Morgan fingerprint density at radius 2 is 2.00 bits per heavy atom. The molecule has 1 spiro atoms. The lowest BCUT2D eigenvalue weighted by molar-refractivity contribution is -0.0526. The molecule has 2 N–H and O–H groups in total. The number of pyridine rings is 1. The molecule has 2 fully saturated rings. The molecule has 0 bridgehead atoms. The van der Waals surface area contributed by atoms with E-state index in [-0.39, 0.29) is 22.3 Å². The zero-order valence-corrected chi connectivity index (χ0v) is 20.2. The molecule has 4 heterocycles. The van der Waals surface area contributed by atoms with E-state index in [0.29, 0.717) is 36.2 Å². The van der Waals surface area contributed by atoms with Crippen LogP contribution in [0.15, 0.2) is 36.8 Å². The second kappa shape index (κ2) is 9.34. The summed E-state index contributed by atoms with van der Waals surface area (Å²) in [6.07, 6.45) is 6.68. The van der Waals surface area contributed by atoms with Crippen LogP contribution in [-0.4, -0.2) is 41.2 Å². The first-order valence-corrected chi connectivity index (χ1v) is 11.9. The summed E-state index contributed by atoms with van der Waals surface area (Å²) in [5.74, 6) is -0.0127. The smallest absolute Gasteiger partial charge is 0.166 e. The lowest BCUT2D eigenvalue weighted by Gasteiger charge is -2.39. The summed E-state index contributed by atoms with van der Waals surface area (Å²) in [7, 11) is 0. The summed E-state index contributed by atoms with van der Waals surface area (Å²) in [5, 5.41) is 4.89. The van der Waals surface area contributed by atoms with Gasteiger partial charge in [-0.2, -0.15) is 5.10 Å². The predicted octanol–water partition coefficient (Wildman–Crippen LogP) is 5.48. The minimum absolute atomic E-state index is 0.0475. The van der Waals surface area contributed by atoms with Crippen LogP contribution in [0.5, 0.6) is 5.75 Å². The third-order valence-corrected chi connectivity index (χ3v) is 7.41. The van der Waals surface area contributed by atoms with Gasteiger partial charge < -0.3 is 19.9 Å². The van der Waals surface area contributed by atoms with Crippen LogP contribution in [0.4, 0.5) is 10.2 Å². The maximum Gasteiger partial charge on any atom is 0.166 e. The van der Waals surface area contributed by atoms with Crippen molar-refractivity contribution in [2.45, 2.75) is 31.9 Å². The number of halogens is 3. The minimum atomic E-state index is -0.651. The van der Waals surface area contributed by atoms with E-state index < -0.39 is 11.9 Å². The van der Waals surface area contributed by atoms with Gasteiger partial charge in [0.05, 0.1) is 30.5 Å². The largest absolute Gasteiger partial charge is 0.482 e. The van der Waals surface area contributed by atoms with Crippen molar-refractivity contribution in [2.75, 3.05) is 32.2 Å². The van der Waals surface area contributed by atoms with Crippen molar-refractivity contribution in [1.82, 2.24) is 14.8 Å². The van der Waals surface area contributed by atoms with Gasteiger partial charge in [-0.05, 0) is 38.0 Å². The molecule has 2 saturated heterocycles. The van der Waals surface area contributed by atoms with Gasteiger partial charge in [-0.3, -0.25) is 4.68 Å². The summed E-state index contributed by atoms with van der Waals surface area (Å²) in [6.45, 7) is 4.53. The zero-order valence-electron chi connectivity index (χ0n) is 18.6. The predicted molar refractivity (Wildman–Crippen MR) is 128 cm³/mol. The van der Waals surface area contributed by atoms with E-state index in [9.17, 15) is 4.39 Å². The molecule has 10 heteroatoms. The van der Waals surface area contributed by atoms with Crippen molar-refractivity contribution < 1.29 is 18.6 Å². The molecule has 3 atom stereocenters. The highest BCUT2D eigenvalue weighted by Gasteiger charge is 2.46. The highest BCUT2D eigenvalue weighted by molar-refractivity contribution is 6.36. The van der Waals surface area contributed by atoms with Crippen LogP contribution in [0.3, 0.4) is 0 Å². The van der Waals surface area contributed by atoms with E-state index in [1.807, 2.05) is 10.9 Å². The SMILES string of the molecule is C[C@@H](Oc1cc(-c2cnn(C3CCOCC34CCOC4)c2)cnc1N)c1c(Cl)ccc(F)c1Cl. The Balaban J connectivity index is 1.41. The molecule has 0 saturated carbocycles. The lowest BCUT2D eigenvalue weighted by Crippen LogP contribution is -2.42.